The van der Waals surface area contributed by atoms with Crippen molar-refractivity contribution < 1.29 is 4.39 Å². The molecule has 0 radical (unpaired) electrons. The zero-order chi connectivity index (χ0) is 16.5. The number of hydrogen-bond acceptors (Lipinski definition) is 1. The van der Waals surface area contributed by atoms with E-state index in [1.807, 2.05) is 48.5 Å². The summed E-state index contributed by atoms with van der Waals surface area (Å²) >= 11 is 6.38. The average molecular weight is 337 g/mol. The molecule has 1 heterocycles. The van der Waals surface area contributed by atoms with Gasteiger partial charge in [0, 0.05) is 12.1 Å². The van der Waals surface area contributed by atoms with Crippen molar-refractivity contribution in [2.24, 2.45) is 0 Å². The van der Waals surface area contributed by atoms with Crippen molar-refractivity contribution in [3.8, 4) is 11.4 Å². The van der Waals surface area contributed by atoms with Crippen LogP contribution in [0.1, 0.15) is 5.56 Å². The van der Waals surface area contributed by atoms with Crippen LogP contribution in [0.4, 0.5) is 4.39 Å². The topological polar surface area (TPSA) is 17.8 Å². The molecule has 4 rings (SSSR count). The van der Waals surface area contributed by atoms with E-state index in [2.05, 4.69) is 4.57 Å². The van der Waals surface area contributed by atoms with Crippen molar-refractivity contribution in [3.63, 3.8) is 0 Å². The molecule has 0 aliphatic carbocycles. The average Bonchev–Trinajstić information content (AvgIpc) is 2.96. The Morgan fingerprint density at radius 1 is 0.875 bits per heavy atom. The van der Waals surface area contributed by atoms with Crippen LogP contribution in [0.15, 0.2) is 72.8 Å². The predicted molar refractivity (Wildman–Crippen MR) is 95.7 cm³/mol. The van der Waals surface area contributed by atoms with E-state index in [0.717, 1.165) is 28.0 Å². The summed E-state index contributed by atoms with van der Waals surface area (Å²) < 4.78 is 15.3. The Balaban J connectivity index is 1.90. The fraction of sp³-hybridized carbons (Fsp3) is 0.0500. The molecule has 0 saturated carbocycles. The SMILES string of the molecule is Fc1ccc(Cn2c(-c3ccccc3Cl)nc3ccccc32)cc1. The predicted octanol–water partition coefficient (Wildman–Crippen LogP) is 5.54. The van der Waals surface area contributed by atoms with Gasteiger partial charge >= 0.3 is 0 Å². The first-order chi connectivity index (χ1) is 11.7. The van der Waals surface area contributed by atoms with E-state index in [0.29, 0.717) is 11.6 Å². The molecule has 0 amide bonds. The standard InChI is InChI=1S/C20H14ClFN2/c21-17-6-2-1-5-16(17)20-23-18-7-3-4-8-19(18)24(20)13-14-9-11-15(22)12-10-14/h1-12H,13H2. The first-order valence-corrected chi connectivity index (χ1v) is 8.05. The van der Waals surface area contributed by atoms with Crippen molar-refractivity contribution in [3.05, 3.63) is 89.2 Å². The molecule has 0 bridgehead atoms. The number of nitrogens with zero attached hydrogens (tertiary/aromatic N) is 2. The Hall–Kier alpha value is -2.65. The summed E-state index contributed by atoms with van der Waals surface area (Å²) in [7, 11) is 0. The van der Waals surface area contributed by atoms with Gasteiger partial charge in [-0.05, 0) is 42.0 Å². The second kappa shape index (κ2) is 6.10. The second-order valence-electron chi connectivity index (χ2n) is 5.62. The molecule has 4 heteroatoms. The van der Waals surface area contributed by atoms with Crippen LogP contribution >= 0.6 is 11.6 Å². The zero-order valence-electron chi connectivity index (χ0n) is 12.8. The number of hydrogen-bond donors (Lipinski definition) is 0. The highest BCUT2D eigenvalue weighted by molar-refractivity contribution is 6.33. The summed E-state index contributed by atoms with van der Waals surface area (Å²) in [4.78, 5) is 4.76. The van der Waals surface area contributed by atoms with E-state index in [1.54, 1.807) is 12.1 Å². The van der Waals surface area contributed by atoms with Gasteiger partial charge in [0.25, 0.3) is 0 Å². The molecule has 0 N–H and O–H groups in total. The third-order valence-corrected chi connectivity index (χ3v) is 4.35. The largest absolute Gasteiger partial charge is 0.319 e. The van der Waals surface area contributed by atoms with Gasteiger partial charge in [-0.2, -0.15) is 0 Å². The smallest absolute Gasteiger partial charge is 0.142 e. The molecule has 0 unspecified atom stereocenters. The molecular formula is C20H14ClFN2. The van der Waals surface area contributed by atoms with Gasteiger partial charge in [0.15, 0.2) is 0 Å². The molecule has 0 aliphatic rings. The Bertz CT molecular complexity index is 1010. The van der Waals surface area contributed by atoms with Crippen molar-refractivity contribution in [1.82, 2.24) is 9.55 Å². The summed E-state index contributed by atoms with van der Waals surface area (Å²) in [6, 6.07) is 22.2. The normalized spacial score (nSPS) is 11.1. The lowest BCUT2D eigenvalue weighted by Gasteiger charge is -2.10. The molecule has 118 valence electrons. The van der Waals surface area contributed by atoms with Crippen LogP contribution in [0.5, 0.6) is 0 Å². The fourth-order valence-corrected chi connectivity index (χ4v) is 3.08. The van der Waals surface area contributed by atoms with Crippen LogP contribution in [0.2, 0.25) is 5.02 Å². The highest BCUT2D eigenvalue weighted by Gasteiger charge is 2.14. The molecule has 24 heavy (non-hydrogen) atoms. The summed E-state index contributed by atoms with van der Waals surface area (Å²) in [6.07, 6.45) is 0. The number of benzene rings is 3. The van der Waals surface area contributed by atoms with Crippen LogP contribution in [0, 0.1) is 5.82 Å². The van der Waals surface area contributed by atoms with Crippen LogP contribution in [0.3, 0.4) is 0 Å². The van der Waals surface area contributed by atoms with Crippen LogP contribution in [-0.4, -0.2) is 9.55 Å². The molecular weight excluding hydrogens is 323 g/mol. The molecule has 4 aromatic rings. The molecule has 2 nitrogen and oxygen atoms in total. The molecule has 0 aliphatic heterocycles. The van der Waals surface area contributed by atoms with Crippen molar-refractivity contribution in [1.29, 1.82) is 0 Å². The van der Waals surface area contributed by atoms with Crippen molar-refractivity contribution in [2.75, 3.05) is 0 Å². The molecule has 0 atom stereocenters. The first kappa shape index (κ1) is 14.9. The Morgan fingerprint density at radius 2 is 1.58 bits per heavy atom. The van der Waals surface area contributed by atoms with Gasteiger partial charge in [0.2, 0.25) is 0 Å². The monoisotopic (exact) mass is 336 g/mol. The van der Waals surface area contributed by atoms with Crippen LogP contribution in [0.25, 0.3) is 22.4 Å². The lowest BCUT2D eigenvalue weighted by atomic mass is 10.2. The highest BCUT2D eigenvalue weighted by atomic mass is 35.5. The Kier molecular flexibility index (Phi) is 3.79. The fourth-order valence-electron chi connectivity index (χ4n) is 2.86. The van der Waals surface area contributed by atoms with Crippen LogP contribution < -0.4 is 0 Å². The van der Waals surface area contributed by atoms with E-state index >= 15 is 0 Å². The number of para-hydroxylation sites is 2. The Morgan fingerprint density at radius 3 is 2.38 bits per heavy atom. The first-order valence-electron chi connectivity index (χ1n) is 7.67. The molecule has 0 saturated heterocycles. The number of rotatable bonds is 3. The summed E-state index contributed by atoms with van der Waals surface area (Å²) in [5.41, 5.74) is 3.83. The maximum absolute atomic E-state index is 13.2. The van der Waals surface area contributed by atoms with Gasteiger partial charge in [-0.15, -0.1) is 0 Å². The van der Waals surface area contributed by atoms with E-state index in [1.165, 1.54) is 12.1 Å². The summed E-state index contributed by atoms with van der Waals surface area (Å²) in [5.74, 6) is 0.576. The highest BCUT2D eigenvalue weighted by Crippen LogP contribution is 2.30. The van der Waals surface area contributed by atoms with E-state index in [-0.39, 0.29) is 5.82 Å². The number of halogens is 2. The lowest BCUT2D eigenvalue weighted by Crippen LogP contribution is -2.02. The minimum absolute atomic E-state index is 0.236. The van der Waals surface area contributed by atoms with Crippen LogP contribution in [-0.2, 0) is 6.54 Å². The van der Waals surface area contributed by atoms with Crippen molar-refractivity contribution in [2.45, 2.75) is 6.54 Å². The Labute approximate surface area is 144 Å². The van der Waals surface area contributed by atoms with Gasteiger partial charge in [-0.25, -0.2) is 9.37 Å². The molecule has 3 aromatic carbocycles. The third kappa shape index (κ3) is 2.68. The van der Waals surface area contributed by atoms with Crippen molar-refractivity contribution >= 4 is 22.6 Å². The van der Waals surface area contributed by atoms with Gasteiger partial charge in [0.05, 0.1) is 16.1 Å². The minimum Gasteiger partial charge on any atom is -0.319 e. The number of fused-ring (bicyclic) bond motifs is 1. The zero-order valence-corrected chi connectivity index (χ0v) is 13.5. The minimum atomic E-state index is -0.236. The quantitative estimate of drug-likeness (QED) is 0.480. The van der Waals surface area contributed by atoms with Gasteiger partial charge in [-0.1, -0.05) is 48.0 Å². The molecule has 0 spiro atoms. The van der Waals surface area contributed by atoms with Gasteiger partial charge < -0.3 is 4.57 Å². The number of imidazole rings is 1. The van der Waals surface area contributed by atoms with Gasteiger partial charge in [0.1, 0.15) is 11.6 Å². The van der Waals surface area contributed by atoms with E-state index < -0.39 is 0 Å². The summed E-state index contributed by atoms with van der Waals surface area (Å²) in [5, 5.41) is 0.660. The lowest BCUT2D eigenvalue weighted by molar-refractivity contribution is 0.626. The maximum Gasteiger partial charge on any atom is 0.142 e. The van der Waals surface area contributed by atoms with E-state index in [9.17, 15) is 4.39 Å². The third-order valence-electron chi connectivity index (χ3n) is 4.02. The molecule has 0 fully saturated rings. The second-order valence-corrected chi connectivity index (χ2v) is 6.02. The van der Waals surface area contributed by atoms with Gasteiger partial charge in [-0.3, -0.25) is 0 Å². The number of aromatic nitrogens is 2. The van der Waals surface area contributed by atoms with E-state index in [4.69, 9.17) is 16.6 Å². The maximum atomic E-state index is 13.2. The molecule has 1 aromatic heterocycles. The summed E-state index contributed by atoms with van der Waals surface area (Å²) in [6.45, 7) is 0.599.